The Morgan fingerprint density at radius 2 is 2.11 bits per heavy atom. The zero-order valence-electron chi connectivity index (χ0n) is 15.1. The molecule has 0 radical (unpaired) electrons. The zero-order chi connectivity index (χ0) is 18.6. The summed E-state index contributed by atoms with van der Waals surface area (Å²) in [6, 6.07) is 2.99. The van der Waals surface area contributed by atoms with Gasteiger partial charge in [0.15, 0.2) is 0 Å². The molecule has 2 fully saturated rings. The van der Waals surface area contributed by atoms with Gasteiger partial charge in [-0.3, -0.25) is 14.4 Å². The number of carbonyl (C=O) groups excluding carboxylic acids is 1. The van der Waals surface area contributed by atoms with Gasteiger partial charge in [-0.2, -0.15) is 0 Å². The summed E-state index contributed by atoms with van der Waals surface area (Å²) in [4.78, 5) is 49.3. The van der Waals surface area contributed by atoms with E-state index in [-0.39, 0.29) is 22.4 Å². The maximum atomic E-state index is 12.9. The van der Waals surface area contributed by atoms with Crippen molar-refractivity contribution in [1.82, 2.24) is 19.9 Å². The van der Waals surface area contributed by atoms with E-state index < -0.39 is 0 Å². The quantitative estimate of drug-likeness (QED) is 0.840. The second-order valence-corrected chi connectivity index (χ2v) is 8.10. The van der Waals surface area contributed by atoms with Gasteiger partial charge in [0.2, 0.25) is 5.56 Å². The van der Waals surface area contributed by atoms with Crippen LogP contribution in [0.5, 0.6) is 0 Å². The van der Waals surface area contributed by atoms with Gasteiger partial charge in [-0.1, -0.05) is 0 Å². The molecular formula is C20H22N4O3. The first-order chi connectivity index (χ1) is 13.1. The van der Waals surface area contributed by atoms with Crippen molar-refractivity contribution in [1.29, 1.82) is 0 Å². The second-order valence-electron chi connectivity index (χ2n) is 8.10. The first-order valence-electron chi connectivity index (χ1n) is 9.67. The van der Waals surface area contributed by atoms with Gasteiger partial charge in [0.25, 0.3) is 11.5 Å². The van der Waals surface area contributed by atoms with Crippen molar-refractivity contribution in [2.45, 2.75) is 49.9 Å². The SMILES string of the molecule is O=C(c1cc[nH]c(=O)c1)N1CCCC2(CCc3c2nc(C2CC2)[nH]c3=O)C1. The van der Waals surface area contributed by atoms with Gasteiger partial charge in [-0.15, -0.1) is 0 Å². The third-order valence-electron chi connectivity index (χ3n) is 6.24. The number of hydrogen-bond acceptors (Lipinski definition) is 4. The number of hydrogen-bond donors (Lipinski definition) is 2. The van der Waals surface area contributed by atoms with E-state index in [1.54, 1.807) is 6.07 Å². The molecule has 0 bridgehead atoms. The summed E-state index contributed by atoms with van der Waals surface area (Å²) in [5.41, 5.74) is 1.60. The molecule has 2 aliphatic carbocycles. The van der Waals surface area contributed by atoms with Crippen LogP contribution in [0.25, 0.3) is 0 Å². The number of amides is 1. The highest BCUT2D eigenvalue weighted by Gasteiger charge is 2.46. The van der Waals surface area contributed by atoms with Gasteiger partial charge in [-0.05, 0) is 44.6 Å². The van der Waals surface area contributed by atoms with E-state index in [0.717, 1.165) is 55.6 Å². The Morgan fingerprint density at radius 3 is 2.89 bits per heavy atom. The fourth-order valence-electron chi connectivity index (χ4n) is 4.68. The largest absolute Gasteiger partial charge is 0.338 e. The zero-order valence-corrected chi connectivity index (χ0v) is 15.1. The Balaban J connectivity index is 1.49. The predicted molar refractivity (Wildman–Crippen MR) is 99.0 cm³/mol. The molecule has 7 nitrogen and oxygen atoms in total. The van der Waals surface area contributed by atoms with Crippen molar-refractivity contribution < 1.29 is 4.79 Å². The molecule has 27 heavy (non-hydrogen) atoms. The average Bonchev–Trinajstić information content (AvgIpc) is 3.46. The highest BCUT2D eigenvalue weighted by molar-refractivity contribution is 5.94. The monoisotopic (exact) mass is 366 g/mol. The molecule has 1 atom stereocenters. The van der Waals surface area contributed by atoms with E-state index >= 15 is 0 Å². The summed E-state index contributed by atoms with van der Waals surface area (Å²) in [5.74, 6) is 1.08. The molecule has 7 heteroatoms. The fourth-order valence-corrected chi connectivity index (χ4v) is 4.68. The molecule has 0 aromatic carbocycles. The lowest BCUT2D eigenvalue weighted by molar-refractivity contribution is 0.0633. The van der Waals surface area contributed by atoms with Crippen LogP contribution in [-0.4, -0.2) is 38.8 Å². The van der Waals surface area contributed by atoms with Crippen LogP contribution in [-0.2, 0) is 11.8 Å². The molecule has 3 aliphatic rings. The van der Waals surface area contributed by atoms with Crippen molar-refractivity contribution in [2.24, 2.45) is 0 Å². The fraction of sp³-hybridized carbons (Fsp3) is 0.500. The summed E-state index contributed by atoms with van der Waals surface area (Å²) in [6.45, 7) is 1.23. The molecule has 2 N–H and O–H groups in total. The number of H-pyrrole nitrogens is 2. The van der Waals surface area contributed by atoms with Crippen molar-refractivity contribution in [3.63, 3.8) is 0 Å². The lowest BCUT2D eigenvalue weighted by atomic mass is 9.77. The highest BCUT2D eigenvalue weighted by atomic mass is 16.2. The molecule has 5 rings (SSSR count). The van der Waals surface area contributed by atoms with E-state index in [2.05, 4.69) is 9.97 Å². The van der Waals surface area contributed by atoms with Gasteiger partial charge < -0.3 is 14.9 Å². The Bertz CT molecular complexity index is 1040. The maximum absolute atomic E-state index is 12.9. The number of nitrogens with one attached hydrogen (secondary N) is 2. The van der Waals surface area contributed by atoms with E-state index in [4.69, 9.17) is 4.98 Å². The summed E-state index contributed by atoms with van der Waals surface area (Å²) in [5, 5.41) is 0. The lowest BCUT2D eigenvalue weighted by Crippen LogP contribution is -2.48. The van der Waals surface area contributed by atoms with Crippen LogP contribution in [0, 0.1) is 0 Å². The van der Waals surface area contributed by atoms with E-state index in [1.807, 2.05) is 4.90 Å². The van der Waals surface area contributed by atoms with E-state index in [1.165, 1.54) is 12.3 Å². The Hall–Kier alpha value is -2.70. The summed E-state index contributed by atoms with van der Waals surface area (Å²) >= 11 is 0. The number of nitrogens with zero attached hydrogens (tertiary/aromatic N) is 2. The van der Waals surface area contributed by atoms with Crippen LogP contribution in [0.1, 0.15) is 65.5 Å². The molecule has 1 unspecified atom stereocenters. The number of pyridine rings is 1. The predicted octanol–water partition coefficient (Wildman–Crippen LogP) is 1.46. The first-order valence-corrected chi connectivity index (χ1v) is 9.67. The summed E-state index contributed by atoms with van der Waals surface area (Å²) < 4.78 is 0. The van der Waals surface area contributed by atoms with Gasteiger partial charge in [-0.25, -0.2) is 4.98 Å². The number of rotatable bonds is 2. The minimum atomic E-state index is -0.277. The average molecular weight is 366 g/mol. The van der Waals surface area contributed by atoms with E-state index in [9.17, 15) is 14.4 Å². The standard InChI is InChI=1S/C20H22N4O3/c25-15-10-13(5-8-21-15)19(27)24-9-1-6-20(11-24)7-4-14-16(20)22-17(12-2-3-12)23-18(14)26/h5,8,10,12H,1-4,6-7,9,11H2,(H,21,25)(H,22,23,26). The summed E-state index contributed by atoms with van der Waals surface area (Å²) in [7, 11) is 0. The molecule has 1 spiro atoms. The van der Waals surface area contributed by atoms with Crippen molar-refractivity contribution in [3.05, 3.63) is 61.7 Å². The van der Waals surface area contributed by atoms with Crippen LogP contribution >= 0.6 is 0 Å². The lowest BCUT2D eigenvalue weighted by Gasteiger charge is -2.40. The third kappa shape index (κ3) is 2.72. The number of piperidine rings is 1. The summed E-state index contributed by atoms with van der Waals surface area (Å²) in [6.07, 6.45) is 7.07. The van der Waals surface area contributed by atoms with Crippen LogP contribution in [0.4, 0.5) is 0 Å². The Labute approximate surface area is 155 Å². The number of aromatic nitrogens is 3. The smallest absolute Gasteiger partial charge is 0.254 e. The highest BCUT2D eigenvalue weighted by Crippen LogP contribution is 2.45. The number of carbonyl (C=O) groups is 1. The Kier molecular flexibility index (Phi) is 3.60. The molecule has 1 amide bonds. The molecule has 2 aromatic heterocycles. The number of fused-ring (bicyclic) bond motifs is 2. The van der Waals surface area contributed by atoms with Gasteiger partial charge in [0.1, 0.15) is 5.82 Å². The van der Waals surface area contributed by atoms with Crippen LogP contribution in [0.15, 0.2) is 27.9 Å². The molecule has 1 saturated carbocycles. The maximum Gasteiger partial charge on any atom is 0.254 e. The van der Waals surface area contributed by atoms with Gasteiger partial charge >= 0.3 is 0 Å². The van der Waals surface area contributed by atoms with Gasteiger partial charge in [0.05, 0.1) is 5.69 Å². The normalized spacial score (nSPS) is 24.2. The second kappa shape index (κ2) is 5.90. The number of aromatic amines is 2. The van der Waals surface area contributed by atoms with E-state index in [0.29, 0.717) is 24.6 Å². The van der Waals surface area contributed by atoms with Crippen LogP contribution in [0.3, 0.4) is 0 Å². The van der Waals surface area contributed by atoms with Crippen molar-refractivity contribution >= 4 is 5.91 Å². The topological polar surface area (TPSA) is 98.9 Å². The molecule has 1 saturated heterocycles. The van der Waals surface area contributed by atoms with Crippen molar-refractivity contribution in [3.8, 4) is 0 Å². The minimum Gasteiger partial charge on any atom is -0.338 e. The van der Waals surface area contributed by atoms with Crippen LogP contribution < -0.4 is 11.1 Å². The number of likely N-dealkylation sites (tertiary alicyclic amines) is 1. The van der Waals surface area contributed by atoms with Crippen molar-refractivity contribution in [2.75, 3.05) is 13.1 Å². The first kappa shape index (κ1) is 16.5. The van der Waals surface area contributed by atoms with Gasteiger partial charge in [0, 0.05) is 47.8 Å². The molecule has 2 aromatic rings. The minimum absolute atomic E-state index is 0.00295. The van der Waals surface area contributed by atoms with Crippen LogP contribution in [0.2, 0.25) is 0 Å². The Morgan fingerprint density at radius 1 is 1.26 bits per heavy atom. The molecular weight excluding hydrogens is 344 g/mol. The molecule has 1 aliphatic heterocycles. The third-order valence-corrected chi connectivity index (χ3v) is 6.24. The molecule has 3 heterocycles. The molecule has 140 valence electrons.